The Morgan fingerprint density at radius 2 is 1.43 bits per heavy atom. The summed E-state index contributed by atoms with van der Waals surface area (Å²) in [6.07, 6.45) is 4.55. The summed E-state index contributed by atoms with van der Waals surface area (Å²) in [5.41, 5.74) is 8.12. The van der Waals surface area contributed by atoms with Crippen LogP contribution in [0.5, 0.6) is 23.0 Å². The molecule has 0 aliphatic carbocycles. The number of imide groups is 1. The maximum absolute atomic E-state index is 14.1. The number of likely N-dealkylation sites (tertiary alicyclic amines) is 1. The summed E-state index contributed by atoms with van der Waals surface area (Å²) in [5, 5.41) is 2.93. The van der Waals surface area contributed by atoms with E-state index in [1.807, 2.05) is 84.9 Å². The molecule has 366 valence electrons. The summed E-state index contributed by atoms with van der Waals surface area (Å²) >= 11 is 1.30. The molecule has 0 spiro atoms. The summed E-state index contributed by atoms with van der Waals surface area (Å²) in [7, 11) is 10.4. The van der Waals surface area contributed by atoms with Crippen molar-refractivity contribution in [1.82, 2.24) is 4.90 Å². The van der Waals surface area contributed by atoms with Gasteiger partial charge in [0.25, 0.3) is 11.8 Å². The number of amides is 4. The molecule has 3 atom stereocenters. The second-order valence-electron chi connectivity index (χ2n) is 18.5. The molecular weight excluding hydrogens is 932 g/mol. The van der Waals surface area contributed by atoms with Crippen molar-refractivity contribution in [2.45, 2.75) is 69.1 Å². The van der Waals surface area contributed by atoms with E-state index in [0.717, 1.165) is 55.5 Å². The Morgan fingerprint density at radius 3 is 2.12 bits per heavy atom. The molecule has 2 radical (unpaired) electrons. The fourth-order valence-corrected chi connectivity index (χ4v) is 11.3. The van der Waals surface area contributed by atoms with Gasteiger partial charge < -0.3 is 38.9 Å². The minimum absolute atomic E-state index is 0.0158. The quantitative estimate of drug-likeness (QED) is 0.0671. The lowest BCUT2D eigenvalue weighted by Crippen LogP contribution is -2.39. The molecular formula is C55H53BN6O9S. The summed E-state index contributed by atoms with van der Waals surface area (Å²) in [4.78, 5) is 77.6. The number of ether oxygens (including phenoxy) is 4. The molecule has 5 heterocycles. The fourth-order valence-electron chi connectivity index (χ4n) is 10.2. The third-order valence-electron chi connectivity index (χ3n) is 13.8. The lowest BCUT2D eigenvalue weighted by atomic mass is 10.00. The first-order valence-electron chi connectivity index (χ1n) is 24.0. The maximum atomic E-state index is 14.1. The molecule has 72 heavy (non-hydrogen) atoms. The first kappa shape index (κ1) is 48.1. The molecule has 10 rings (SSSR count). The zero-order chi connectivity index (χ0) is 50.2. The highest BCUT2D eigenvalue weighted by Gasteiger charge is 2.40. The highest BCUT2D eigenvalue weighted by molar-refractivity contribution is 8.04. The number of aliphatic imine (C=N–C) groups is 1. The summed E-state index contributed by atoms with van der Waals surface area (Å²) in [6, 6.07) is 28.8. The Labute approximate surface area is 423 Å². The van der Waals surface area contributed by atoms with E-state index < -0.39 is 10.9 Å². The van der Waals surface area contributed by atoms with Crippen molar-refractivity contribution >= 4 is 83.6 Å². The largest absolute Gasteiger partial charge is 0.493 e. The highest BCUT2D eigenvalue weighted by Crippen LogP contribution is 2.43. The summed E-state index contributed by atoms with van der Waals surface area (Å²) in [5.74, 6) is 0.822. The van der Waals surface area contributed by atoms with Crippen LogP contribution in [0.3, 0.4) is 0 Å². The summed E-state index contributed by atoms with van der Waals surface area (Å²) in [6.45, 7) is 5.68. The van der Waals surface area contributed by atoms with Crippen LogP contribution in [-0.4, -0.2) is 107 Å². The monoisotopic (exact) mass is 984 g/mol. The Morgan fingerprint density at radius 1 is 0.792 bits per heavy atom. The maximum Gasteiger partial charge on any atom is 0.261 e. The van der Waals surface area contributed by atoms with Crippen LogP contribution in [0.2, 0.25) is 0 Å². The average Bonchev–Trinajstić information content (AvgIpc) is 3.97. The summed E-state index contributed by atoms with van der Waals surface area (Å²) < 4.78 is 24.7. The number of carbonyl (C=O) groups is 5. The Hall–Kier alpha value is -7.53. The number of methoxy groups -OCH3 is 2. The molecule has 1 unspecified atom stereocenters. The molecule has 0 aromatic heterocycles. The lowest BCUT2D eigenvalue weighted by Gasteiger charge is -2.23. The normalized spacial score (nSPS) is 18.3. The minimum atomic E-state index is -0.584. The number of para-hydroxylation sites is 2. The zero-order valence-electron chi connectivity index (χ0n) is 40.4. The highest BCUT2D eigenvalue weighted by atomic mass is 32.2. The van der Waals surface area contributed by atoms with Gasteiger partial charge in [-0.1, -0.05) is 43.0 Å². The topological polar surface area (TPSA) is 160 Å². The van der Waals surface area contributed by atoms with E-state index in [1.165, 1.54) is 11.8 Å². The number of nitrogens with zero attached hydrogens (tertiary/aromatic N) is 5. The zero-order valence-corrected chi connectivity index (χ0v) is 41.2. The smallest absolute Gasteiger partial charge is 0.261 e. The molecule has 5 aliphatic heterocycles. The fraction of sp³-hybridized carbons (Fsp3) is 0.309. The van der Waals surface area contributed by atoms with E-state index in [0.29, 0.717) is 77.9 Å². The molecule has 0 bridgehead atoms. The molecule has 5 aliphatic rings. The number of fused-ring (bicyclic) bond motifs is 8. The number of hydrogen-bond donors (Lipinski definition) is 1. The predicted molar refractivity (Wildman–Crippen MR) is 279 cm³/mol. The second-order valence-corrected chi connectivity index (χ2v) is 19.9. The van der Waals surface area contributed by atoms with Gasteiger partial charge in [0.15, 0.2) is 30.8 Å². The number of anilines is 4. The lowest BCUT2D eigenvalue weighted by molar-refractivity contribution is -0.138. The Balaban J connectivity index is 0.872. The second kappa shape index (κ2) is 20.3. The molecule has 5 aromatic carbocycles. The van der Waals surface area contributed by atoms with Crippen LogP contribution in [0, 0.1) is 0 Å². The van der Waals surface area contributed by atoms with E-state index in [9.17, 15) is 24.0 Å². The van der Waals surface area contributed by atoms with Crippen LogP contribution in [0.25, 0.3) is 0 Å². The molecule has 4 amide bonds. The number of allylic oxidation sites excluding steroid dienone is 1. The molecule has 15 nitrogen and oxygen atoms in total. The number of nitrogens with one attached hydrogen (secondary N) is 1. The minimum Gasteiger partial charge on any atom is -0.493 e. The van der Waals surface area contributed by atoms with Crippen molar-refractivity contribution in [3.8, 4) is 23.0 Å². The van der Waals surface area contributed by atoms with Crippen LogP contribution in [0.1, 0.15) is 68.7 Å². The van der Waals surface area contributed by atoms with Gasteiger partial charge in [0, 0.05) is 81.4 Å². The Bertz CT molecular complexity index is 3070. The van der Waals surface area contributed by atoms with Crippen molar-refractivity contribution in [2.24, 2.45) is 4.99 Å². The molecule has 1 fully saturated rings. The third-order valence-corrected chi connectivity index (χ3v) is 15.0. The van der Waals surface area contributed by atoms with Crippen LogP contribution in [-0.2, 0) is 40.4 Å². The first-order chi connectivity index (χ1) is 34.9. The van der Waals surface area contributed by atoms with Crippen LogP contribution >= 0.6 is 11.8 Å². The van der Waals surface area contributed by atoms with E-state index >= 15 is 0 Å². The number of carbonyl (C=O) groups excluding carboxylic acids is 5. The van der Waals surface area contributed by atoms with Crippen molar-refractivity contribution in [2.75, 3.05) is 60.9 Å². The van der Waals surface area contributed by atoms with E-state index in [4.69, 9.17) is 31.8 Å². The first-order valence-corrected chi connectivity index (χ1v) is 24.9. The van der Waals surface area contributed by atoms with Gasteiger partial charge in [0.1, 0.15) is 13.2 Å². The van der Waals surface area contributed by atoms with Crippen LogP contribution < -0.4 is 39.0 Å². The standard InChI is InChI=1S/C55H53BN6O9S/c1-32(72-50-27-52(64)60(55(50)67)17-15-51(56)63)10-9-16-59(2)37-19-33(30-70-48-25-42-40(23-46(48)68-3)53(65)61-38(28-57-42)21-35-11-5-7-13-44(35)61)18-34(20-37)31-71-49-26-43-41(24-47(49)69-4)54(66)62-39(29-58-43)22-36-12-6-8-14-45(36)62/h5-8,11-14,18-20,23-26,28,38-39,50,58H,1,9-10,15-17,21-22,27,29-31H2,2-4H3/t38-,39-,50?/m0/s1. The van der Waals surface area contributed by atoms with E-state index in [2.05, 4.69) is 22.9 Å². The number of rotatable bonds is 18. The van der Waals surface area contributed by atoms with Crippen molar-refractivity contribution in [3.63, 3.8) is 0 Å². The third kappa shape index (κ3) is 9.52. The van der Waals surface area contributed by atoms with Crippen molar-refractivity contribution in [1.29, 1.82) is 0 Å². The molecule has 17 heteroatoms. The van der Waals surface area contributed by atoms with Crippen molar-refractivity contribution in [3.05, 3.63) is 136 Å². The molecule has 1 saturated heterocycles. The van der Waals surface area contributed by atoms with E-state index in [1.54, 1.807) is 37.3 Å². The van der Waals surface area contributed by atoms with Gasteiger partial charge >= 0.3 is 0 Å². The number of hydrogen-bond acceptors (Lipinski definition) is 13. The number of benzene rings is 5. The number of thioether (sulfide) groups is 1. The van der Waals surface area contributed by atoms with Gasteiger partial charge in [-0.2, -0.15) is 0 Å². The van der Waals surface area contributed by atoms with E-state index in [-0.39, 0.29) is 68.3 Å². The molecule has 5 aromatic rings. The molecule has 1 N–H and O–H groups in total. The SMILES string of the molecule is [B]C(=O)CCN1C(=O)CC(SC(=C)CCCN(C)c2cc(COc3cc4c(cc3OC)C(=O)N3c5ccccc5C[C@H]3C=N4)cc(COc3cc4c(cc3OC)C(=O)N3c5ccccc5C[C@H]3CN4)c2)C1=O. The van der Waals surface area contributed by atoms with Gasteiger partial charge in [0.05, 0.1) is 59.7 Å². The predicted octanol–water partition coefficient (Wildman–Crippen LogP) is 7.82. The van der Waals surface area contributed by atoms with Crippen LogP contribution in [0.4, 0.5) is 28.4 Å². The van der Waals surface area contributed by atoms with Crippen molar-refractivity contribution < 1.29 is 42.9 Å². The molecule has 0 saturated carbocycles. The van der Waals surface area contributed by atoms with Crippen LogP contribution in [0.15, 0.2) is 107 Å². The van der Waals surface area contributed by atoms with Gasteiger partial charge in [-0.25, -0.2) is 0 Å². The Kier molecular flexibility index (Phi) is 13.6. The van der Waals surface area contributed by atoms with Gasteiger partial charge in [-0.3, -0.25) is 34.0 Å². The average molecular weight is 985 g/mol. The van der Waals surface area contributed by atoms with Gasteiger partial charge in [0.2, 0.25) is 11.8 Å². The van der Waals surface area contributed by atoms with Gasteiger partial charge in [-0.05, 0) is 88.9 Å². The van der Waals surface area contributed by atoms with Gasteiger partial charge in [-0.15, -0.1) is 11.8 Å².